The summed E-state index contributed by atoms with van der Waals surface area (Å²) in [5.41, 5.74) is 0.0804. The van der Waals surface area contributed by atoms with Gasteiger partial charge in [0.1, 0.15) is 18.1 Å². The number of benzene rings is 1. The molecule has 1 aromatic carbocycles. The van der Waals surface area contributed by atoms with Gasteiger partial charge in [-0.25, -0.2) is 4.79 Å². The lowest BCUT2D eigenvalue weighted by molar-refractivity contribution is -0.572. The third kappa shape index (κ3) is 2.92. The van der Waals surface area contributed by atoms with Gasteiger partial charge in [0.25, 0.3) is 0 Å². The first-order valence-corrected chi connectivity index (χ1v) is 7.83. The van der Waals surface area contributed by atoms with E-state index in [1.54, 1.807) is 0 Å². The van der Waals surface area contributed by atoms with Crippen LogP contribution in [0.2, 0.25) is 0 Å². The van der Waals surface area contributed by atoms with Crippen molar-refractivity contribution in [1.29, 1.82) is 0 Å². The Labute approximate surface area is 141 Å². The number of rotatable bonds is 6. The van der Waals surface area contributed by atoms with Gasteiger partial charge in [-0.1, -0.05) is 13.3 Å². The number of nitrogens with zero attached hydrogens (tertiary/aromatic N) is 1. The van der Waals surface area contributed by atoms with Crippen LogP contribution in [0.25, 0.3) is 11.0 Å². The molecule has 9 heteroatoms. The third-order valence-corrected chi connectivity index (χ3v) is 3.95. The van der Waals surface area contributed by atoms with Gasteiger partial charge >= 0.3 is 11.9 Å². The minimum atomic E-state index is -1.69. The minimum Gasteiger partial charge on any atom is -0.490 e. The van der Waals surface area contributed by atoms with Crippen LogP contribution in [0.4, 0.5) is 0 Å². The van der Waals surface area contributed by atoms with Crippen molar-refractivity contribution in [1.82, 2.24) is 0 Å². The SMILES string of the molecule is CCCc1cc(=O)oc2c3c(cc(OCCO)c12)O[C@H]([N+](=O)[O-])[C@H]3O. The van der Waals surface area contributed by atoms with Crippen molar-refractivity contribution >= 4 is 11.0 Å². The zero-order chi connectivity index (χ0) is 18.1. The van der Waals surface area contributed by atoms with E-state index in [0.717, 1.165) is 6.42 Å². The van der Waals surface area contributed by atoms with E-state index in [0.29, 0.717) is 17.4 Å². The molecule has 1 aliphatic heterocycles. The summed E-state index contributed by atoms with van der Waals surface area (Å²) < 4.78 is 16.0. The number of aliphatic hydroxyl groups excluding tert-OH is 2. The summed E-state index contributed by atoms with van der Waals surface area (Å²) in [6, 6.07) is 2.75. The largest absolute Gasteiger partial charge is 0.490 e. The Morgan fingerprint density at radius 1 is 1.40 bits per heavy atom. The van der Waals surface area contributed by atoms with Crippen LogP contribution in [0.1, 0.15) is 30.6 Å². The molecule has 0 saturated carbocycles. The zero-order valence-corrected chi connectivity index (χ0v) is 13.4. The minimum absolute atomic E-state index is 0.0123. The Bertz CT molecular complexity index is 875. The van der Waals surface area contributed by atoms with E-state index < -0.39 is 22.9 Å². The summed E-state index contributed by atoms with van der Waals surface area (Å²) in [7, 11) is 0. The Balaban J connectivity index is 2.30. The van der Waals surface area contributed by atoms with Crippen molar-refractivity contribution in [3.63, 3.8) is 0 Å². The van der Waals surface area contributed by atoms with Crippen LogP contribution in [0, 0.1) is 10.1 Å². The highest BCUT2D eigenvalue weighted by Crippen LogP contribution is 2.46. The lowest BCUT2D eigenvalue weighted by Crippen LogP contribution is -2.27. The fraction of sp³-hybridized carbons (Fsp3) is 0.438. The third-order valence-electron chi connectivity index (χ3n) is 3.95. The van der Waals surface area contributed by atoms with Gasteiger partial charge in [-0.05, 0) is 12.0 Å². The number of aliphatic hydroxyl groups is 2. The van der Waals surface area contributed by atoms with E-state index in [4.69, 9.17) is 19.0 Å². The van der Waals surface area contributed by atoms with Gasteiger partial charge in [0.2, 0.25) is 0 Å². The first kappa shape index (κ1) is 17.2. The molecule has 0 aliphatic carbocycles. The van der Waals surface area contributed by atoms with Gasteiger partial charge in [-0.2, -0.15) is 0 Å². The molecular weight excluding hydrogens is 334 g/mol. The Kier molecular flexibility index (Phi) is 4.60. The molecule has 134 valence electrons. The van der Waals surface area contributed by atoms with Crippen molar-refractivity contribution in [2.24, 2.45) is 0 Å². The molecule has 2 aromatic rings. The second-order valence-electron chi connectivity index (χ2n) is 5.64. The van der Waals surface area contributed by atoms with E-state index in [1.807, 2.05) is 6.92 Å². The molecule has 1 aromatic heterocycles. The van der Waals surface area contributed by atoms with E-state index in [2.05, 4.69) is 0 Å². The molecule has 0 amide bonds. The second kappa shape index (κ2) is 6.69. The maximum atomic E-state index is 11.9. The van der Waals surface area contributed by atoms with E-state index in [-0.39, 0.29) is 35.9 Å². The molecule has 0 unspecified atom stereocenters. The molecule has 2 atom stereocenters. The summed E-state index contributed by atoms with van der Waals surface area (Å²) >= 11 is 0. The predicted molar refractivity (Wildman–Crippen MR) is 85.4 cm³/mol. The molecule has 0 spiro atoms. The van der Waals surface area contributed by atoms with Gasteiger partial charge in [-0.3, -0.25) is 10.1 Å². The van der Waals surface area contributed by atoms with Gasteiger partial charge < -0.3 is 24.1 Å². The molecule has 9 nitrogen and oxygen atoms in total. The van der Waals surface area contributed by atoms with Gasteiger partial charge in [0.05, 0.1) is 22.5 Å². The first-order valence-electron chi connectivity index (χ1n) is 7.83. The molecule has 3 rings (SSSR count). The summed E-state index contributed by atoms with van der Waals surface area (Å²) in [5.74, 6) is 0.289. The Hall–Kier alpha value is -2.65. The topological polar surface area (TPSA) is 132 Å². The second-order valence-corrected chi connectivity index (χ2v) is 5.64. The molecule has 0 saturated heterocycles. The first-order chi connectivity index (χ1) is 12.0. The molecule has 25 heavy (non-hydrogen) atoms. The standard InChI is InChI=1S/C16H17NO8/c1-2-3-8-6-11(19)25-15-12(8)9(23-5-4-18)7-10-13(15)14(20)16(24-10)17(21)22/h6-7,14,16,18,20H,2-5H2,1H3/t14-,16-/m0/s1. The average Bonchev–Trinajstić information content (AvgIpc) is 2.89. The molecule has 0 radical (unpaired) electrons. The number of hydrogen-bond acceptors (Lipinski definition) is 8. The van der Waals surface area contributed by atoms with Gasteiger partial charge in [0, 0.05) is 12.1 Å². The Morgan fingerprint density at radius 3 is 2.80 bits per heavy atom. The highest BCUT2D eigenvalue weighted by molar-refractivity contribution is 5.92. The van der Waals surface area contributed by atoms with Crippen LogP contribution in [-0.2, 0) is 6.42 Å². The number of fused-ring (bicyclic) bond motifs is 3. The van der Waals surface area contributed by atoms with Crippen LogP contribution in [0.5, 0.6) is 11.5 Å². The van der Waals surface area contributed by atoms with E-state index >= 15 is 0 Å². The van der Waals surface area contributed by atoms with Gasteiger partial charge in [0.15, 0.2) is 11.7 Å². The normalized spacial score (nSPS) is 18.8. The zero-order valence-electron chi connectivity index (χ0n) is 13.4. The highest BCUT2D eigenvalue weighted by atomic mass is 16.7. The van der Waals surface area contributed by atoms with Crippen LogP contribution >= 0.6 is 0 Å². The molecule has 2 heterocycles. The van der Waals surface area contributed by atoms with Crippen molar-refractivity contribution in [2.75, 3.05) is 13.2 Å². The summed E-state index contributed by atoms with van der Waals surface area (Å²) in [5, 5.41) is 30.8. The summed E-state index contributed by atoms with van der Waals surface area (Å²) in [4.78, 5) is 22.2. The maximum Gasteiger partial charge on any atom is 0.384 e. The lowest BCUT2D eigenvalue weighted by atomic mass is 9.99. The van der Waals surface area contributed by atoms with Crippen LogP contribution in [-0.4, -0.2) is 34.6 Å². The molecule has 0 bridgehead atoms. The molecule has 0 fully saturated rings. The number of ether oxygens (including phenoxy) is 2. The molecule has 1 aliphatic rings. The lowest BCUT2D eigenvalue weighted by Gasteiger charge is -2.13. The van der Waals surface area contributed by atoms with Crippen molar-refractivity contribution < 1.29 is 29.0 Å². The fourth-order valence-electron chi connectivity index (χ4n) is 2.99. The van der Waals surface area contributed by atoms with Gasteiger partial charge in [-0.15, -0.1) is 0 Å². The number of nitro groups is 1. The molecule has 2 N–H and O–H groups in total. The van der Waals surface area contributed by atoms with E-state index in [9.17, 15) is 20.0 Å². The summed E-state index contributed by atoms with van der Waals surface area (Å²) in [6.07, 6.45) is -1.97. The van der Waals surface area contributed by atoms with Crippen molar-refractivity contribution in [3.05, 3.63) is 43.8 Å². The van der Waals surface area contributed by atoms with Crippen molar-refractivity contribution in [3.8, 4) is 11.5 Å². The number of aryl methyl sites for hydroxylation is 1. The van der Waals surface area contributed by atoms with E-state index in [1.165, 1.54) is 12.1 Å². The average molecular weight is 351 g/mol. The smallest absolute Gasteiger partial charge is 0.384 e. The monoisotopic (exact) mass is 351 g/mol. The van der Waals surface area contributed by atoms with Crippen LogP contribution < -0.4 is 15.1 Å². The van der Waals surface area contributed by atoms with Crippen molar-refractivity contribution in [2.45, 2.75) is 32.1 Å². The highest BCUT2D eigenvalue weighted by Gasteiger charge is 2.45. The molecular formula is C16H17NO8. The maximum absolute atomic E-state index is 11.9. The number of hydrogen-bond donors (Lipinski definition) is 2. The summed E-state index contributed by atoms with van der Waals surface area (Å²) in [6.45, 7) is 1.68. The fourth-order valence-corrected chi connectivity index (χ4v) is 2.99. The quantitative estimate of drug-likeness (QED) is 0.450. The van der Waals surface area contributed by atoms with Crippen LogP contribution in [0.15, 0.2) is 21.3 Å². The van der Waals surface area contributed by atoms with Crippen LogP contribution in [0.3, 0.4) is 0 Å². The predicted octanol–water partition coefficient (Wildman–Crippen LogP) is 1.15. The Morgan fingerprint density at radius 2 is 2.16 bits per heavy atom.